The maximum absolute atomic E-state index is 12.7. The average Bonchev–Trinajstić information content (AvgIpc) is 2.75. The summed E-state index contributed by atoms with van der Waals surface area (Å²) in [4.78, 5) is 38.3. The fraction of sp³-hybridized carbons (Fsp3) is 0.471. The molecule has 1 spiro atoms. The van der Waals surface area contributed by atoms with Crippen molar-refractivity contribution in [3.63, 3.8) is 0 Å². The van der Waals surface area contributed by atoms with Crippen LogP contribution in [0.5, 0.6) is 0 Å². The summed E-state index contributed by atoms with van der Waals surface area (Å²) in [5, 5.41) is 2.83. The minimum atomic E-state index is -0.788. The predicted octanol–water partition coefficient (Wildman–Crippen LogP) is 3.13. The van der Waals surface area contributed by atoms with Crippen LogP contribution in [0.15, 0.2) is 28.7 Å². The van der Waals surface area contributed by atoms with Crippen LogP contribution in [0.25, 0.3) is 0 Å². The molecule has 6 heteroatoms. The molecule has 5 nitrogen and oxygen atoms in total. The van der Waals surface area contributed by atoms with Crippen molar-refractivity contribution in [2.24, 2.45) is 5.92 Å². The minimum absolute atomic E-state index is 0.205. The third-order valence-electron chi connectivity index (χ3n) is 4.84. The Balaban J connectivity index is 1.73. The average molecular weight is 379 g/mol. The van der Waals surface area contributed by atoms with Gasteiger partial charge in [0.25, 0.3) is 5.91 Å². The summed E-state index contributed by atoms with van der Waals surface area (Å²) in [5.74, 6) is 0.0888. The Hall–Kier alpha value is -1.69. The molecule has 1 aliphatic heterocycles. The van der Waals surface area contributed by atoms with Crippen molar-refractivity contribution in [2.75, 3.05) is 6.54 Å². The first-order chi connectivity index (χ1) is 10.9. The molecule has 0 bridgehead atoms. The van der Waals surface area contributed by atoms with Crippen molar-refractivity contribution >= 4 is 33.7 Å². The van der Waals surface area contributed by atoms with Crippen LogP contribution in [0.4, 0.5) is 4.79 Å². The van der Waals surface area contributed by atoms with Crippen LogP contribution >= 0.6 is 15.9 Å². The molecule has 23 heavy (non-hydrogen) atoms. The largest absolute Gasteiger partial charge is 0.325 e. The number of Topliss-reactive ketones (excluding diaryl/α,β-unsaturated/α-hetero) is 1. The molecule has 1 aliphatic carbocycles. The minimum Gasteiger partial charge on any atom is -0.323 e. The Bertz CT molecular complexity index is 648. The molecule has 2 fully saturated rings. The monoisotopic (exact) mass is 378 g/mol. The number of nitrogens with zero attached hydrogens (tertiary/aromatic N) is 1. The van der Waals surface area contributed by atoms with Crippen LogP contribution in [0.1, 0.15) is 43.0 Å². The van der Waals surface area contributed by atoms with Gasteiger partial charge in [0, 0.05) is 10.0 Å². The molecule has 3 amide bonds. The fourth-order valence-corrected chi connectivity index (χ4v) is 3.55. The zero-order valence-corrected chi connectivity index (χ0v) is 14.6. The Kier molecular flexibility index (Phi) is 4.27. The number of hydrogen-bond acceptors (Lipinski definition) is 3. The molecule has 3 rings (SSSR count). The molecule has 1 aromatic carbocycles. The van der Waals surface area contributed by atoms with E-state index in [4.69, 9.17) is 0 Å². The lowest BCUT2D eigenvalue weighted by atomic mass is 9.77. The third-order valence-corrected chi connectivity index (χ3v) is 5.37. The molecule has 1 N–H and O–H groups in total. The van der Waals surface area contributed by atoms with Crippen molar-refractivity contribution in [1.82, 2.24) is 10.2 Å². The first-order valence-electron chi connectivity index (χ1n) is 7.84. The highest BCUT2D eigenvalue weighted by Crippen LogP contribution is 2.36. The number of amides is 3. The summed E-state index contributed by atoms with van der Waals surface area (Å²) in [6, 6.07) is 6.45. The van der Waals surface area contributed by atoms with Crippen molar-refractivity contribution in [2.45, 2.75) is 38.1 Å². The second-order valence-electron chi connectivity index (χ2n) is 6.52. The summed E-state index contributed by atoms with van der Waals surface area (Å²) in [7, 11) is 0. The number of halogens is 1. The van der Waals surface area contributed by atoms with E-state index < -0.39 is 11.6 Å². The molecule has 122 valence electrons. The van der Waals surface area contributed by atoms with E-state index in [1.165, 1.54) is 0 Å². The smallest absolute Gasteiger partial charge is 0.323 e. The van der Waals surface area contributed by atoms with Crippen molar-refractivity contribution in [3.8, 4) is 0 Å². The van der Waals surface area contributed by atoms with E-state index in [-0.39, 0.29) is 18.2 Å². The molecule has 0 unspecified atom stereocenters. The van der Waals surface area contributed by atoms with Gasteiger partial charge in [0.05, 0.1) is 6.54 Å². The number of benzene rings is 1. The van der Waals surface area contributed by atoms with Crippen molar-refractivity contribution < 1.29 is 14.4 Å². The van der Waals surface area contributed by atoms with E-state index in [9.17, 15) is 14.4 Å². The first-order valence-corrected chi connectivity index (χ1v) is 8.63. The molecule has 0 radical (unpaired) electrons. The zero-order chi connectivity index (χ0) is 16.6. The number of hydrogen-bond donors (Lipinski definition) is 1. The number of carbonyl (C=O) groups excluding carboxylic acids is 3. The van der Waals surface area contributed by atoms with E-state index >= 15 is 0 Å². The topological polar surface area (TPSA) is 66.5 Å². The summed E-state index contributed by atoms with van der Waals surface area (Å²) in [6.45, 7) is 1.95. The van der Waals surface area contributed by atoms with Gasteiger partial charge >= 0.3 is 6.03 Å². The van der Waals surface area contributed by atoms with Gasteiger partial charge in [-0.3, -0.25) is 14.5 Å². The summed E-state index contributed by atoms with van der Waals surface area (Å²) in [5.41, 5.74) is -0.295. The van der Waals surface area contributed by atoms with Gasteiger partial charge in [-0.1, -0.05) is 35.0 Å². The lowest BCUT2D eigenvalue weighted by Crippen LogP contribution is -2.49. The molecule has 1 saturated carbocycles. The lowest BCUT2D eigenvalue weighted by molar-refractivity contribution is -0.132. The van der Waals surface area contributed by atoms with Gasteiger partial charge < -0.3 is 5.32 Å². The van der Waals surface area contributed by atoms with Crippen LogP contribution in [-0.2, 0) is 4.79 Å². The number of ketones is 1. The van der Waals surface area contributed by atoms with Gasteiger partial charge in [-0.25, -0.2) is 4.79 Å². The highest BCUT2D eigenvalue weighted by atomic mass is 79.9. The van der Waals surface area contributed by atoms with Crippen molar-refractivity contribution in [3.05, 3.63) is 34.3 Å². The molecule has 2 aliphatic rings. The molecule has 1 aromatic rings. The number of urea groups is 1. The van der Waals surface area contributed by atoms with Crippen molar-refractivity contribution in [1.29, 1.82) is 0 Å². The maximum Gasteiger partial charge on any atom is 0.325 e. The van der Waals surface area contributed by atoms with Gasteiger partial charge in [-0.2, -0.15) is 0 Å². The van der Waals surface area contributed by atoms with Gasteiger partial charge in [-0.15, -0.1) is 0 Å². The summed E-state index contributed by atoms with van der Waals surface area (Å²) < 4.78 is 0.874. The number of nitrogens with one attached hydrogen (secondary N) is 1. The number of carbonyl (C=O) groups is 3. The van der Waals surface area contributed by atoms with Crippen LogP contribution in [0, 0.1) is 5.92 Å². The van der Waals surface area contributed by atoms with Gasteiger partial charge in [0.15, 0.2) is 5.78 Å². The molecule has 1 heterocycles. The van der Waals surface area contributed by atoms with E-state index in [0.29, 0.717) is 24.3 Å². The third kappa shape index (κ3) is 3.04. The lowest BCUT2D eigenvalue weighted by Gasteiger charge is -2.33. The Morgan fingerprint density at radius 2 is 1.87 bits per heavy atom. The standard InChI is InChI=1S/C17H19BrN2O3/c1-11-6-8-17(9-7-11)15(22)20(16(23)19-17)10-14(21)12-2-4-13(18)5-3-12/h2-5,11H,6-10H2,1H3,(H,19,23). The van der Waals surface area contributed by atoms with Crippen LogP contribution in [0.2, 0.25) is 0 Å². The van der Waals surface area contributed by atoms with Crippen LogP contribution < -0.4 is 5.32 Å². The van der Waals surface area contributed by atoms with E-state index in [2.05, 4.69) is 28.2 Å². The quantitative estimate of drug-likeness (QED) is 0.648. The zero-order valence-electron chi connectivity index (χ0n) is 13.0. The molecule has 0 atom stereocenters. The van der Waals surface area contributed by atoms with Gasteiger partial charge in [-0.05, 0) is 43.7 Å². The molecule has 1 saturated heterocycles. The Labute approximate surface area is 143 Å². The molecular formula is C17H19BrN2O3. The highest BCUT2D eigenvalue weighted by Gasteiger charge is 2.52. The van der Waals surface area contributed by atoms with E-state index in [1.807, 2.05) is 0 Å². The Morgan fingerprint density at radius 1 is 1.26 bits per heavy atom. The number of imide groups is 1. The maximum atomic E-state index is 12.7. The van der Waals surface area contributed by atoms with E-state index in [1.54, 1.807) is 24.3 Å². The van der Waals surface area contributed by atoms with E-state index in [0.717, 1.165) is 22.2 Å². The summed E-state index contributed by atoms with van der Waals surface area (Å²) in [6.07, 6.45) is 3.14. The normalized spacial score (nSPS) is 27.4. The fourth-order valence-electron chi connectivity index (χ4n) is 3.28. The second-order valence-corrected chi connectivity index (χ2v) is 7.43. The number of rotatable bonds is 3. The predicted molar refractivity (Wildman–Crippen MR) is 89.1 cm³/mol. The molecule has 0 aromatic heterocycles. The van der Waals surface area contributed by atoms with Gasteiger partial charge in [0.1, 0.15) is 5.54 Å². The second kappa shape index (κ2) is 6.07. The SMILES string of the molecule is CC1CCC2(CC1)NC(=O)N(CC(=O)c1ccc(Br)cc1)C2=O. The van der Waals surface area contributed by atoms with Gasteiger partial charge in [0.2, 0.25) is 0 Å². The Morgan fingerprint density at radius 3 is 2.48 bits per heavy atom. The molecular weight excluding hydrogens is 360 g/mol. The highest BCUT2D eigenvalue weighted by molar-refractivity contribution is 9.10. The van der Waals surface area contributed by atoms with Crippen LogP contribution in [-0.4, -0.2) is 34.7 Å². The summed E-state index contributed by atoms with van der Waals surface area (Å²) >= 11 is 3.31. The van der Waals surface area contributed by atoms with Crippen LogP contribution in [0.3, 0.4) is 0 Å². The first kappa shape index (κ1) is 16.2.